The zero-order chi connectivity index (χ0) is 28.3. The van der Waals surface area contributed by atoms with Gasteiger partial charge in [-0.05, 0) is 102 Å². The summed E-state index contributed by atoms with van der Waals surface area (Å²) in [6, 6.07) is 8.13. The topological polar surface area (TPSA) is 75.6 Å². The molecule has 6 heterocycles. The van der Waals surface area contributed by atoms with E-state index in [4.69, 9.17) is 4.98 Å². The summed E-state index contributed by atoms with van der Waals surface area (Å²) in [6.07, 6.45) is 24.8. The van der Waals surface area contributed by atoms with Crippen LogP contribution in [0, 0.1) is 11.3 Å². The minimum atomic E-state index is -1.04. The quantitative estimate of drug-likeness (QED) is 0.292. The summed E-state index contributed by atoms with van der Waals surface area (Å²) in [5, 5.41) is 26.2. The number of allylic oxidation sites excluding steroid dienone is 4. The average molecular weight is 565 g/mol. The first-order valence-electron chi connectivity index (χ1n) is 16.4. The Kier molecular flexibility index (Phi) is 6.58. The monoisotopic (exact) mass is 564 g/mol. The molecule has 1 spiro atoms. The first kappa shape index (κ1) is 26.7. The lowest BCUT2D eigenvalue weighted by molar-refractivity contribution is -0.0863. The first-order valence-corrected chi connectivity index (χ1v) is 16.4. The molecular formula is C36H44N4O2. The molecule has 8 rings (SSSR count). The van der Waals surface area contributed by atoms with Gasteiger partial charge in [-0.3, -0.25) is 9.88 Å². The molecule has 6 atom stereocenters. The van der Waals surface area contributed by atoms with Gasteiger partial charge >= 0.3 is 0 Å². The van der Waals surface area contributed by atoms with Crippen LogP contribution in [0.25, 0.3) is 27.4 Å². The third-order valence-corrected chi connectivity index (χ3v) is 11.3. The number of hydrogen-bond acceptors (Lipinski definition) is 5. The van der Waals surface area contributed by atoms with Crippen molar-refractivity contribution in [2.24, 2.45) is 11.3 Å². The molecule has 1 aliphatic carbocycles. The van der Waals surface area contributed by atoms with Gasteiger partial charge in [0.05, 0.1) is 22.8 Å². The van der Waals surface area contributed by atoms with Crippen molar-refractivity contribution in [2.75, 3.05) is 26.2 Å². The Hall–Kier alpha value is -2.93. The van der Waals surface area contributed by atoms with Crippen LogP contribution >= 0.6 is 0 Å². The molecule has 42 heavy (non-hydrogen) atoms. The number of para-hydroxylation sites is 1. The van der Waals surface area contributed by atoms with E-state index in [1.54, 1.807) is 6.07 Å². The van der Waals surface area contributed by atoms with E-state index in [0.717, 1.165) is 91.4 Å². The lowest BCUT2D eigenvalue weighted by Gasteiger charge is -2.58. The smallest absolute Gasteiger partial charge is 0.139 e. The van der Waals surface area contributed by atoms with Gasteiger partial charge in [0.25, 0.3) is 0 Å². The van der Waals surface area contributed by atoms with Crippen LogP contribution in [0.3, 0.4) is 0 Å². The van der Waals surface area contributed by atoms with E-state index in [1.165, 1.54) is 25.7 Å². The van der Waals surface area contributed by atoms with Crippen LogP contribution < -0.4 is 0 Å². The van der Waals surface area contributed by atoms with Crippen LogP contribution in [0.2, 0.25) is 0 Å². The van der Waals surface area contributed by atoms with Crippen LogP contribution in [0.15, 0.2) is 60.8 Å². The van der Waals surface area contributed by atoms with Crippen molar-refractivity contribution in [2.45, 2.75) is 81.9 Å². The molecule has 1 aromatic carbocycles. The maximum Gasteiger partial charge on any atom is 0.139 e. The third kappa shape index (κ3) is 4.05. The summed E-state index contributed by atoms with van der Waals surface area (Å²) in [7, 11) is 0. The van der Waals surface area contributed by atoms with E-state index in [1.807, 2.05) is 18.3 Å². The summed E-state index contributed by atoms with van der Waals surface area (Å²) in [5.41, 5.74) is 2.47. The molecule has 3 bridgehead atoms. The number of fused-ring (bicyclic) bond motifs is 5. The molecule has 6 heteroatoms. The molecular weight excluding hydrogens is 520 g/mol. The Morgan fingerprint density at radius 2 is 1.74 bits per heavy atom. The second-order valence-corrected chi connectivity index (χ2v) is 13.7. The van der Waals surface area contributed by atoms with Crippen molar-refractivity contribution in [1.82, 2.24) is 19.8 Å². The molecule has 6 nitrogen and oxygen atoms in total. The Morgan fingerprint density at radius 3 is 2.67 bits per heavy atom. The molecule has 2 fully saturated rings. The Labute approximate surface area is 248 Å². The highest BCUT2D eigenvalue weighted by molar-refractivity contribution is 6.11. The molecule has 4 aliphatic heterocycles. The number of aromatic amines is 1. The number of benzene rings is 1. The molecule has 2 aromatic heterocycles. The highest BCUT2D eigenvalue weighted by atomic mass is 16.3. The Bertz CT molecular complexity index is 1590. The number of pyridine rings is 1. The Balaban J connectivity index is 1.36. The number of nitrogens with one attached hydrogen (secondary N) is 1. The predicted octanol–water partition coefficient (Wildman–Crippen LogP) is 6.56. The van der Waals surface area contributed by atoms with Gasteiger partial charge in [-0.2, -0.15) is 0 Å². The molecule has 5 aliphatic rings. The number of phenolic OH excluding ortho intramolecular Hbond substituents is 1. The van der Waals surface area contributed by atoms with Crippen LogP contribution in [0.1, 0.15) is 69.9 Å². The van der Waals surface area contributed by atoms with Crippen LogP contribution in [-0.2, 0) is 0 Å². The SMILES string of the molecule is Oc1cccc2c1[nH]c1c(C3=CC4CCN5CCCCC=CCCC3(O)C3N6CCCCC=CC6CC43C5)nccc12. The van der Waals surface area contributed by atoms with Crippen molar-refractivity contribution >= 4 is 27.4 Å². The fourth-order valence-corrected chi connectivity index (χ4v) is 9.56. The number of aromatic nitrogens is 2. The number of rotatable bonds is 1. The Morgan fingerprint density at radius 1 is 0.905 bits per heavy atom. The largest absolute Gasteiger partial charge is 0.506 e. The van der Waals surface area contributed by atoms with Gasteiger partial charge in [0.15, 0.2) is 0 Å². The summed E-state index contributed by atoms with van der Waals surface area (Å²) >= 11 is 0. The van der Waals surface area contributed by atoms with Crippen LogP contribution in [0.4, 0.5) is 0 Å². The number of phenols is 1. The zero-order valence-electron chi connectivity index (χ0n) is 24.6. The molecule has 0 radical (unpaired) electrons. The molecule has 2 saturated heterocycles. The summed E-state index contributed by atoms with van der Waals surface area (Å²) in [5.74, 6) is 0.641. The van der Waals surface area contributed by atoms with Gasteiger partial charge in [-0.1, -0.05) is 42.5 Å². The highest BCUT2D eigenvalue weighted by Gasteiger charge is 2.66. The minimum absolute atomic E-state index is 0.0141. The standard InChI is InChI=1S/C36H44N4O2/c41-30-14-11-13-27-28-15-18-37-33(32(28)38-31(27)30)29-22-25-16-21-39-19-9-5-2-1-4-8-17-36(29,42)34-35(25,24-39)23-26-12-7-3-6-10-20-40(26)34/h1,4,7,11-15,18,22,25-26,34,38,41-42H,2-3,5-6,8-10,16-17,19-21,23-24H2. The summed E-state index contributed by atoms with van der Waals surface area (Å²) in [6.45, 7) is 4.39. The molecule has 3 N–H and O–H groups in total. The maximum absolute atomic E-state index is 13.5. The molecule has 0 amide bonds. The van der Waals surface area contributed by atoms with Gasteiger partial charge in [0, 0.05) is 40.5 Å². The van der Waals surface area contributed by atoms with Crippen molar-refractivity contribution in [3.05, 3.63) is 66.5 Å². The van der Waals surface area contributed by atoms with E-state index < -0.39 is 5.60 Å². The highest BCUT2D eigenvalue weighted by Crippen LogP contribution is 2.61. The van der Waals surface area contributed by atoms with Crippen molar-refractivity contribution in [3.63, 3.8) is 0 Å². The second-order valence-electron chi connectivity index (χ2n) is 13.7. The molecule has 220 valence electrons. The van der Waals surface area contributed by atoms with Crippen LogP contribution in [-0.4, -0.2) is 73.8 Å². The predicted molar refractivity (Wildman–Crippen MR) is 169 cm³/mol. The number of piperidine rings is 1. The number of hydrogen-bond donors (Lipinski definition) is 3. The van der Waals surface area contributed by atoms with Gasteiger partial charge in [0.2, 0.25) is 0 Å². The average Bonchev–Trinajstić information content (AvgIpc) is 3.51. The number of aliphatic hydroxyl groups is 1. The fraction of sp³-hybridized carbons (Fsp3) is 0.528. The minimum Gasteiger partial charge on any atom is -0.506 e. The van der Waals surface area contributed by atoms with E-state index in [0.29, 0.717) is 18.4 Å². The maximum atomic E-state index is 13.5. The van der Waals surface area contributed by atoms with E-state index in [9.17, 15) is 10.2 Å². The summed E-state index contributed by atoms with van der Waals surface area (Å²) in [4.78, 5) is 14.0. The number of H-pyrrole nitrogens is 1. The normalized spacial score (nSPS) is 35.5. The zero-order valence-corrected chi connectivity index (χ0v) is 24.6. The van der Waals surface area contributed by atoms with Gasteiger partial charge in [0.1, 0.15) is 11.4 Å². The molecule has 3 aromatic rings. The molecule has 6 unspecified atom stereocenters. The van der Waals surface area contributed by atoms with Crippen LogP contribution in [0.5, 0.6) is 5.75 Å². The molecule has 0 saturated carbocycles. The van der Waals surface area contributed by atoms with Gasteiger partial charge in [-0.15, -0.1) is 0 Å². The number of nitrogens with zero attached hydrogens (tertiary/aromatic N) is 3. The van der Waals surface area contributed by atoms with Gasteiger partial charge in [-0.25, -0.2) is 0 Å². The summed E-state index contributed by atoms with van der Waals surface area (Å²) < 4.78 is 0. The van der Waals surface area contributed by atoms with Gasteiger partial charge < -0.3 is 20.1 Å². The first-order chi connectivity index (χ1) is 20.6. The lowest BCUT2D eigenvalue weighted by Crippen LogP contribution is -2.66. The lowest BCUT2D eigenvalue weighted by atomic mass is 9.55. The van der Waals surface area contributed by atoms with E-state index in [-0.39, 0.29) is 17.2 Å². The fourth-order valence-electron chi connectivity index (χ4n) is 9.56. The van der Waals surface area contributed by atoms with E-state index in [2.05, 4.69) is 51.2 Å². The third-order valence-electron chi connectivity index (χ3n) is 11.3. The van der Waals surface area contributed by atoms with Crippen molar-refractivity contribution in [3.8, 4) is 5.75 Å². The van der Waals surface area contributed by atoms with Crippen molar-refractivity contribution in [1.29, 1.82) is 0 Å². The van der Waals surface area contributed by atoms with Crippen molar-refractivity contribution < 1.29 is 10.2 Å². The second kappa shape index (κ2) is 10.4. The number of aromatic hydroxyl groups is 1. The van der Waals surface area contributed by atoms with E-state index >= 15 is 0 Å².